The summed E-state index contributed by atoms with van der Waals surface area (Å²) in [4.78, 5) is 24.4. The molecule has 0 spiro atoms. The van der Waals surface area contributed by atoms with Crippen molar-refractivity contribution in [2.45, 2.75) is 44.6 Å². The number of nitriles is 1. The molecule has 1 aromatic carbocycles. The fourth-order valence-corrected chi connectivity index (χ4v) is 3.10. The van der Waals surface area contributed by atoms with Gasteiger partial charge in [-0.3, -0.25) is 14.9 Å². The van der Waals surface area contributed by atoms with E-state index in [4.69, 9.17) is 0 Å². The minimum atomic E-state index is -0.727. The summed E-state index contributed by atoms with van der Waals surface area (Å²) in [5, 5.41) is 23.4. The second-order valence-electron chi connectivity index (χ2n) is 6.27. The number of nitro groups is 1. The van der Waals surface area contributed by atoms with E-state index in [9.17, 15) is 20.2 Å². The van der Waals surface area contributed by atoms with E-state index in [1.807, 2.05) is 6.92 Å². The highest BCUT2D eigenvalue weighted by atomic mass is 16.6. The number of likely N-dealkylation sites (N-methyl/N-ethyl adjacent to an activating group) is 1. The lowest BCUT2D eigenvalue weighted by Gasteiger charge is -2.39. The molecule has 7 nitrogen and oxygen atoms in total. The van der Waals surface area contributed by atoms with Crippen molar-refractivity contribution in [3.05, 3.63) is 33.9 Å². The normalized spacial score (nSPS) is 16.0. The Balaban J connectivity index is 2.06. The molecule has 0 saturated heterocycles. The Labute approximate surface area is 141 Å². The minimum Gasteiger partial charge on any atom is -0.376 e. The van der Waals surface area contributed by atoms with E-state index in [1.54, 1.807) is 13.1 Å². The second-order valence-corrected chi connectivity index (χ2v) is 6.27. The average Bonchev–Trinajstić information content (AvgIpc) is 2.60. The Hall–Kier alpha value is -2.62. The lowest BCUT2D eigenvalue weighted by Crippen LogP contribution is -2.51. The fourth-order valence-electron chi connectivity index (χ4n) is 3.10. The van der Waals surface area contributed by atoms with Crippen LogP contribution < -0.4 is 5.32 Å². The Morgan fingerprint density at radius 3 is 2.67 bits per heavy atom. The number of benzene rings is 1. The quantitative estimate of drug-likeness (QED) is 0.661. The van der Waals surface area contributed by atoms with Gasteiger partial charge in [-0.05, 0) is 25.3 Å². The van der Waals surface area contributed by atoms with Crippen LogP contribution in [0.5, 0.6) is 0 Å². The molecule has 0 radical (unpaired) electrons. The number of aryl methyl sites for hydroxylation is 1. The topological polar surface area (TPSA) is 99.3 Å². The summed E-state index contributed by atoms with van der Waals surface area (Å²) in [7, 11) is 1.67. The van der Waals surface area contributed by atoms with E-state index in [0.717, 1.165) is 24.8 Å². The van der Waals surface area contributed by atoms with E-state index >= 15 is 0 Å². The van der Waals surface area contributed by atoms with Gasteiger partial charge >= 0.3 is 0 Å². The van der Waals surface area contributed by atoms with Crippen LogP contribution in [0.4, 0.5) is 11.4 Å². The Kier molecular flexibility index (Phi) is 5.39. The van der Waals surface area contributed by atoms with E-state index < -0.39 is 10.5 Å². The average molecular weight is 330 g/mol. The fraction of sp³-hybridized carbons (Fsp3) is 0.529. The predicted octanol–water partition coefficient (Wildman–Crippen LogP) is 3.00. The van der Waals surface area contributed by atoms with Gasteiger partial charge in [0.25, 0.3) is 5.69 Å². The summed E-state index contributed by atoms with van der Waals surface area (Å²) in [5.74, 6) is -0.190. The van der Waals surface area contributed by atoms with E-state index in [0.29, 0.717) is 18.5 Å². The monoisotopic (exact) mass is 330 g/mol. The second kappa shape index (κ2) is 7.30. The smallest absolute Gasteiger partial charge is 0.271 e. The van der Waals surface area contributed by atoms with Crippen LogP contribution in [0.2, 0.25) is 0 Å². The number of non-ortho nitro benzene ring substituents is 1. The number of nitrogens with zero attached hydrogens (tertiary/aromatic N) is 3. The van der Waals surface area contributed by atoms with Crippen LogP contribution in [-0.2, 0) is 4.79 Å². The zero-order chi connectivity index (χ0) is 17.7. The highest BCUT2D eigenvalue weighted by molar-refractivity contribution is 5.82. The number of nitro benzene ring substituents is 1. The molecule has 1 aliphatic rings. The predicted molar refractivity (Wildman–Crippen MR) is 90.5 cm³/mol. The first kappa shape index (κ1) is 17.7. The van der Waals surface area contributed by atoms with Gasteiger partial charge in [-0.1, -0.05) is 25.3 Å². The minimum absolute atomic E-state index is 0.00192. The van der Waals surface area contributed by atoms with Gasteiger partial charge in [0.05, 0.1) is 17.5 Å². The molecule has 7 heteroatoms. The number of carbonyl (C=O) groups is 1. The first-order valence-corrected chi connectivity index (χ1v) is 8.06. The van der Waals surface area contributed by atoms with Crippen molar-refractivity contribution in [3.63, 3.8) is 0 Å². The summed E-state index contributed by atoms with van der Waals surface area (Å²) in [5.41, 5.74) is 0.628. The van der Waals surface area contributed by atoms with Gasteiger partial charge in [0.2, 0.25) is 5.91 Å². The van der Waals surface area contributed by atoms with Crippen molar-refractivity contribution in [2.24, 2.45) is 0 Å². The lowest BCUT2D eigenvalue weighted by molar-refractivity contribution is -0.384. The maximum absolute atomic E-state index is 12.5. The van der Waals surface area contributed by atoms with Gasteiger partial charge < -0.3 is 10.2 Å². The maximum atomic E-state index is 12.5. The maximum Gasteiger partial charge on any atom is 0.271 e. The number of rotatable bonds is 5. The molecule has 0 aliphatic heterocycles. The van der Waals surface area contributed by atoms with Crippen molar-refractivity contribution >= 4 is 17.3 Å². The van der Waals surface area contributed by atoms with Crippen molar-refractivity contribution in [3.8, 4) is 6.07 Å². The molecule has 1 fully saturated rings. The van der Waals surface area contributed by atoms with Gasteiger partial charge in [0.1, 0.15) is 5.54 Å². The summed E-state index contributed by atoms with van der Waals surface area (Å²) >= 11 is 0. The van der Waals surface area contributed by atoms with Crippen LogP contribution in [0.3, 0.4) is 0 Å². The van der Waals surface area contributed by atoms with E-state index in [2.05, 4.69) is 11.4 Å². The van der Waals surface area contributed by atoms with Crippen LogP contribution in [0.1, 0.15) is 37.7 Å². The summed E-state index contributed by atoms with van der Waals surface area (Å²) in [6, 6.07) is 6.82. The van der Waals surface area contributed by atoms with Crippen molar-refractivity contribution < 1.29 is 9.72 Å². The van der Waals surface area contributed by atoms with Crippen molar-refractivity contribution in [1.82, 2.24) is 4.90 Å². The van der Waals surface area contributed by atoms with Crippen molar-refractivity contribution in [1.29, 1.82) is 5.26 Å². The molecular formula is C17H22N4O3. The highest BCUT2D eigenvalue weighted by Crippen LogP contribution is 2.32. The Morgan fingerprint density at radius 1 is 1.42 bits per heavy atom. The van der Waals surface area contributed by atoms with E-state index in [-0.39, 0.29) is 18.1 Å². The zero-order valence-electron chi connectivity index (χ0n) is 14.0. The first-order chi connectivity index (χ1) is 11.4. The number of hydrogen-bond acceptors (Lipinski definition) is 5. The summed E-state index contributed by atoms with van der Waals surface area (Å²) in [6.07, 6.45) is 4.38. The standard InChI is InChI=1S/C17H22N4O3/c1-13-6-7-14(21(23)24)10-15(13)19-11-16(22)20(2)17(12-18)8-4-3-5-9-17/h6-7,10,19H,3-5,8-9,11H2,1-2H3. The largest absolute Gasteiger partial charge is 0.376 e. The molecule has 1 aromatic rings. The molecule has 24 heavy (non-hydrogen) atoms. The van der Waals surface area contributed by atoms with Crippen LogP contribution in [0.25, 0.3) is 0 Å². The van der Waals surface area contributed by atoms with Crippen LogP contribution in [-0.4, -0.2) is 34.9 Å². The molecule has 128 valence electrons. The third kappa shape index (κ3) is 3.65. The van der Waals surface area contributed by atoms with Crippen molar-refractivity contribution in [2.75, 3.05) is 18.9 Å². The number of amides is 1. The van der Waals surface area contributed by atoms with E-state index in [1.165, 1.54) is 17.0 Å². The third-order valence-electron chi connectivity index (χ3n) is 4.77. The molecular weight excluding hydrogens is 308 g/mol. The summed E-state index contributed by atoms with van der Waals surface area (Å²) in [6.45, 7) is 1.82. The molecule has 2 rings (SSSR count). The zero-order valence-corrected chi connectivity index (χ0v) is 14.0. The Bertz CT molecular complexity index is 675. The van der Waals surface area contributed by atoms with Crippen LogP contribution in [0, 0.1) is 28.4 Å². The molecule has 1 saturated carbocycles. The molecule has 0 aromatic heterocycles. The first-order valence-electron chi connectivity index (χ1n) is 8.06. The van der Waals surface area contributed by atoms with Crippen LogP contribution >= 0.6 is 0 Å². The summed E-state index contributed by atoms with van der Waals surface area (Å²) < 4.78 is 0. The molecule has 0 unspecified atom stereocenters. The SMILES string of the molecule is Cc1ccc([N+](=O)[O-])cc1NCC(=O)N(C)C1(C#N)CCCCC1. The Morgan fingerprint density at radius 2 is 2.08 bits per heavy atom. The molecule has 0 atom stereocenters. The number of carbonyl (C=O) groups excluding carboxylic acids is 1. The number of hydrogen-bond donors (Lipinski definition) is 1. The number of anilines is 1. The molecule has 0 bridgehead atoms. The third-order valence-corrected chi connectivity index (χ3v) is 4.77. The molecule has 0 heterocycles. The van der Waals surface area contributed by atoms with Gasteiger partial charge in [-0.2, -0.15) is 5.26 Å². The van der Waals surface area contributed by atoms with Gasteiger partial charge in [0.15, 0.2) is 0 Å². The molecule has 1 aliphatic carbocycles. The van der Waals surface area contributed by atoms with Crippen LogP contribution in [0.15, 0.2) is 18.2 Å². The molecule has 1 amide bonds. The van der Waals surface area contributed by atoms with Gasteiger partial charge in [-0.25, -0.2) is 0 Å². The lowest BCUT2D eigenvalue weighted by atomic mass is 9.81. The molecule has 1 N–H and O–H groups in total. The van der Waals surface area contributed by atoms with Gasteiger partial charge in [0, 0.05) is 24.9 Å². The van der Waals surface area contributed by atoms with Gasteiger partial charge in [-0.15, -0.1) is 0 Å². The number of nitrogens with one attached hydrogen (secondary N) is 1. The highest BCUT2D eigenvalue weighted by Gasteiger charge is 2.38.